The van der Waals surface area contributed by atoms with E-state index in [0.29, 0.717) is 10.6 Å². The molecule has 0 aromatic heterocycles. The molecule has 0 bridgehead atoms. The van der Waals surface area contributed by atoms with Crippen LogP contribution in [0, 0.1) is 12.7 Å². The van der Waals surface area contributed by atoms with E-state index >= 15 is 0 Å². The lowest BCUT2D eigenvalue weighted by atomic mass is 9.96. The molecule has 0 radical (unpaired) electrons. The van der Waals surface area contributed by atoms with Crippen LogP contribution in [0.15, 0.2) is 36.4 Å². The van der Waals surface area contributed by atoms with Gasteiger partial charge in [-0.3, -0.25) is 0 Å². The number of ether oxygens (including phenoxy) is 1. The standard InChI is InChI=1S/C17H19ClFNO/c1-4-20-17(14-10-12(19)6-8-15(14)18)13-7-5-11(2)9-16(13)21-3/h5-10,17,20H,4H2,1-3H3. The molecule has 2 aromatic carbocycles. The number of hydrogen-bond donors (Lipinski definition) is 1. The Morgan fingerprint density at radius 3 is 2.62 bits per heavy atom. The molecule has 0 aliphatic heterocycles. The van der Waals surface area contributed by atoms with Crippen molar-refractivity contribution in [2.75, 3.05) is 13.7 Å². The van der Waals surface area contributed by atoms with E-state index in [2.05, 4.69) is 5.32 Å². The predicted molar refractivity (Wildman–Crippen MR) is 84.7 cm³/mol. The number of halogens is 2. The Kier molecular flexibility index (Phi) is 5.21. The van der Waals surface area contributed by atoms with Crippen LogP contribution in [0.4, 0.5) is 4.39 Å². The van der Waals surface area contributed by atoms with Gasteiger partial charge in [0.05, 0.1) is 13.2 Å². The summed E-state index contributed by atoms with van der Waals surface area (Å²) in [6.07, 6.45) is 0. The van der Waals surface area contributed by atoms with Crippen LogP contribution >= 0.6 is 11.6 Å². The SMILES string of the molecule is CCNC(c1cc(F)ccc1Cl)c1ccc(C)cc1OC. The van der Waals surface area contributed by atoms with Gasteiger partial charge in [0.2, 0.25) is 0 Å². The first-order valence-corrected chi connectivity index (χ1v) is 7.27. The van der Waals surface area contributed by atoms with Gasteiger partial charge in [0, 0.05) is 10.6 Å². The minimum Gasteiger partial charge on any atom is -0.496 e. The van der Waals surface area contributed by atoms with E-state index in [4.69, 9.17) is 16.3 Å². The van der Waals surface area contributed by atoms with Crippen LogP contribution < -0.4 is 10.1 Å². The van der Waals surface area contributed by atoms with Crippen LogP contribution in [0.25, 0.3) is 0 Å². The smallest absolute Gasteiger partial charge is 0.124 e. The summed E-state index contributed by atoms with van der Waals surface area (Å²) < 4.78 is 19.1. The molecule has 0 saturated carbocycles. The van der Waals surface area contributed by atoms with E-state index in [1.165, 1.54) is 12.1 Å². The fourth-order valence-corrected chi connectivity index (χ4v) is 2.61. The monoisotopic (exact) mass is 307 g/mol. The minimum atomic E-state index is -0.302. The Labute approximate surface area is 129 Å². The van der Waals surface area contributed by atoms with Crippen molar-refractivity contribution in [2.24, 2.45) is 0 Å². The van der Waals surface area contributed by atoms with Crippen LogP contribution in [0.5, 0.6) is 5.75 Å². The first-order valence-electron chi connectivity index (χ1n) is 6.89. The number of methoxy groups -OCH3 is 1. The third kappa shape index (κ3) is 3.55. The van der Waals surface area contributed by atoms with Gasteiger partial charge in [-0.25, -0.2) is 4.39 Å². The lowest BCUT2D eigenvalue weighted by molar-refractivity contribution is 0.404. The molecule has 2 nitrogen and oxygen atoms in total. The van der Waals surface area contributed by atoms with Crippen LogP contribution in [-0.4, -0.2) is 13.7 Å². The Hall–Kier alpha value is -1.58. The zero-order chi connectivity index (χ0) is 15.4. The molecule has 1 N–H and O–H groups in total. The zero-order valence-electron chi connectivity index (χ0n) is 12.4. The summed E-state index contributed by atoms with van der Waals surface area (Å²) in [5, 5.41) is 3.88. The number of benzene rings is 2. The number of hydrogen-bond acceptors (Lipinski definition) is 2. The molecule has 4 heteroatoms. The van der Waals surface area contributed by atoms with E-state index in [-0.39, 0.29) is 11.9 Å². The van der Waals surface area contributed by atoms with Crippen molar-refractivity contribution < 1.29 is 9.13 Å². The minimum absolute atomic E-state index is 0.214. The van der Waals surface area contributed by atoms with E-state index < -0.39 is 0 Å². The average Bonchev–Trinajstić information content (AvgIpc) is 2.48. The number of rotatable bonds is 5. The maximum absolute atomic E-state index is 13.6. The van der Waals surface area contributed by atoms with Gasteiger partial charge in [0.25, 0.3) is 0 Å². The van der Waals surface area contributed by atoms with E-state index in [1.807, 2.05) is 32.0 Å². The number of nitrogens with one attached hydrogen (secondary N) is 1. The first kappa shape index (κ1) is 15.8. The van der Waals surface area contributed by atoms with Crippen LogP contribution in [0.3, 0.4) is 0 Å². The third-order valence-corrected chi connectivity index (χ3v) is 3.72. The van der Waals surface area contributed by atoms with Gasteiger partial charge in [-0.2, -0.15) is 0 Å². The molecule has 0 aliphatic carbocycles. The van der Waals surface area contributed by atoms with Crippen LogP contribution in [0.1, 0.15) is 29.7 Å². The van der Waals surface area contributed by atoms with Crippen molar-refractivity contribution >= 4 is 11.6 Å². The van der Waals surface area contributed by atoms with Crippen molar-refractivity contribution in [1.29, 1.82) is 0 Å². The molecule has 2 aromatic rings. The lowest BCUT2D eigenvalue weighted by Gasteiger charge is -2.22. The van der Waals surface area contributed by atoms with Crippen molar-refractivity contribution in [3.63, 3.8) is 0 Å². The van der Waals surface area contributed by atoms with Gasteiger partial charge >= 0.3 is 0 Å². The highest BCUT2D eigenvalue weighted by Gasteiger charge is 2.20. The zero-order valence-corrected chi connectivity index (χ0v) is 13.2. The van der Waals surface area contributed by atoms with Gasteiger partial charge < -0.3 is 10.1 Å². The van der Waals surface area contributed by atoms with Gasteiger partial charge in [-0.15, -0.1) is 0 Å². The molecule has 2 rings (SSSR count). The van der Waals surface area contributed by atoms with Gasteiger partial charge in [-0.05, 0) is 48.9 Å². The molecule has 0 aliphatic rings. The molecule has 0 saturated heterocycles. The highest BCUT2D eigenvalue weighted by Crippen LogP contribution is 2.34. The molecular weight excluding hydrogens is 289 g/mol. The van der Waals surface area contributed by atoms with E-state index in [0.717, 1.165) is 23.4 Å². The van der Waals surface area contributed by atoms with Crippen LogP contribution in [0.2, 0.25) is 5.02 Å². The third-order valence-electron chi connectivity index (χ3n) is 3.38. The summed E-state index contributed by atoms with van der Waals surface area (Å²) in [6, 6.07) is 10.2. The van der Waals surface area contributed by atoms with Gasteiger partial charge in [-0.1, -0.05) is 30.7 Å². The first-order chi connectivity index (χ1) is 10.1. The highest BCUT2D eigenvalue weighted by atomic mass is 35.5. The molecular formula is C17H19ClFNO. The Morgan fingerprint density at radius 1 is 1.19 bits per heavy atom. The molecule has 0 fully saturated rings. The molecule has 1 atom stereocenters. The molecule has 1 unspecified atom stereocenters. The number of aryl methyl sites for hydroxylation is 1. The molecule has 0 heterocycles. The van der Waals surface area contributed by atoms with E-state index in [9.17, 15) is 4.39 Å². The second kappa shape index (κ2) is 6.92. The molecule has 112 valence electrons. The van der Waals surface area contributed by atoms with Crippen LogP contribution in [-0.2, 0) is 0 Å². The topological polar surface area (TPSA) is 21.3 Å². The maximum atomic E-state index is 13.6. The summed E-state index contributed by atoms with van der Waals surface area (Å²) in [4.78, 5) is 0. The van der Waals surface area contributed by atoms with Crippen molar-refractivity contribution in [1.82, 2.24) is 5.32 Å². The van der Waals surface area contributed by atoms with Crippen molar-refractivity contribution in [3.05, 3.63) is 63.9 Å². The van der Waals surface area contributed by atoms with Crippen molar-refractivity contribution in [3.8, 4) is 5.75 Å². The lowest BCUT2D eigenvalue weighted by Crippen LogP contribution is -2.23. The summed E-state index contributed by atoms with van der Waals surface area (Å²) in [5.74, 6) is 0.463. The highest BCUT2D eigenvalue weighted by molar-refractivity contribution is 6.31. The second-order valence-corrected chi connectivity index (χ2v) is 5.31. The quantitative estimate of drug-likeness (QED) is 0.878. The molecule has 0 spiro atoms. The van der Waals surface area contributed by atoms with Gasteiger partial charge in [0.1, 0.15) is 11.6 Å². The molecule has 21 heavy (non-hydrogen) atoms. The summed E-state index contributed by atoms with van der Waals surface area (Å²) in [5.41, 5.74) is 2.76. The fraction of sp³-hybridized carbons (Fsp3) is 0.294. The summed E-state index contributed by atoms with van der Waals surface area (Å²) in [7, 11) is 1.63. The second-order valence-electron chi connectivity index (χ2n) is 4.90. The summed E-state index contributed by atoms with van der Waals surface area (Å²) in [6.45, 7) is 4.74. The Balaban J connectivity index is 2.55. The normalized spacial score (nSPS) is 12.2. The average molecular weight is 308 g/mol. The Morgan fingerprint density at radius 2 is 1.95 bits per heavy atom. The maximum Gasteiger partial charge on any atom is 0.124 e. The summed E-state index contributed by atoms with van der Waals surface area (Å²) >= 11 is 6.26. The largest absolute Gasteiger partial charge is 0.496 e. The van der Waals surface area contributed by atoms with E-state index in [1.54, 1.807) is 13.2 Å². The Bertz CT molecular complexity index is 630. The predicted octanol–water partition coefficient (Wildman–Crippen LogP) is 4.50. The molecule has 0 amide bonds. The van der Waals surface area contributed by atoms with Crippen molar-refractivity contribution in [2.45, 2.75) is 19.9 Å². The fourth-order valence-electron chi connectivity index (χ4n) is 2.38. The van der Waals surface area contributed by atoms with Gasteiger partial charge in [0.15, 0.2) is 0 Å².